The summed E-state index contributed by atoms with van der Waals surface area (Å²) in [5, 5.41) is 1.20. The van der Waals surface area contributed by atoms with E-state index in [-0.39, 0.29) is 28.5 Å². The first-order valence-corrected chi connectivity index (χ1v) is 12.8. The molecule has 1 unspecified atom stereocenters. The average molecular weight is 520 g/mol. The molecule has 186 valence electrons. The van der Waals surface area contributed by atoms with Crippen LogP contribution in [-0.4, -0.2) is 41.4 Å². The van der Waals surface area contributed by atoms with Crippen LogP contribution < -0.4 is 10.5 Å². The topological polar surface area (TPSA) is 146 Å². The Bertz CT molecular complexity index is 1400. The molecular weight excluding hydrogens is 494 g/mol. The van der Waals surface area contributed by atoms with Crippen LogP contribution in [0.2, 0.25) is 5.02 Å². The monoisotopic (exact) mass is 519 g/mol. The lowest BCUT2D eigenvalue weighted by molar-refractivity contribution is 0.0526. The second kappa shape index (κ2) is 11.0. The molecule has 0 fully saturated rings. The molecule has 1 aromatic carbocycles. The van der Waals surface area contributed by atoms with Gasteiger partial charge in [0.2, 0.25) is 0 Å². The second-order valence-corrected chi connectivity index (χ2v) is 9.58. The Balaban J connectivity index is 1.95. The van der Waals surface area contributed by atoms with Gasteiger partial charge in [0.25, 0.3) is 15.9 Å². The molecule has 2 heterocycles. The van der Waals surface area contributed by atoms with Crippen LogP contribution >= 0.6 is 11.6 Å². The molecule has 1 amide bonds. The molecule has 10 nitrogen and oxygen atoms in total. The van der Waals surface area contributed by atoms with E-state index in [1.807, 2.05) is 11.6 Å². The van der Waals surface area contributed by atoms with Gasteiger partial charge in [0, 0.05) is 16.0 Å². The first kappa shape index (κ1) is 26.3. The first-order chi connectivity index (χ1) is 16.6. The number of aromatic nitrogens is 3. The summed E-state index contributed by atoms with van der Waals surface area (Å²) in [5.41, 5.74) is 7.86. The van der Waals surface area contributed by atoms with Crippen molar-refractivity contribution in [1.29, 1.82) is 0 Å². The Morgan fingerprint density at radius 3 is 2.63 bits per heavy atom. The lowest BCUT2D eigenvalue weighted by Gasteiger charge is -2.18. The molecule has 0 spiro atoms. The van der Waals surface area contributed by atoms with Crippen LogP contribution in [-0.2, 0) is 14.8 Å². The van der Waals surface area contributed by atoms with Gasteiger partial charge in [-0.15, -0.1) is 0 Å². The molecule has 3 N–H and O–H groups in total. The minimum atomic E-state index is -3.96. The van der Waals surface area contributed by atoms with Gasteiger partial charge in [0.15, 0.2) is 5.65 Å². The van der Waals surface area contributed by atoms with E-state index in [9.17, 15) is 18.0 Å². The number of carbonyl (C=O) groups excluding carboxylic acids is 2. The highest BCUT2D eigenvalue weighted by Gasteiger charge is 2.22. The second-order valence-electron chi connectivity index (χ2n) is 7.61. The van der Waals surface area contributed by atoms with Crippen LogP contribution in [0.15, 0.2) is 41.8 Å². The number of allylic oxidation sites excluding steroid dienone is 1. The average Bonchev–Trinajstić information content (AvgIpc) is 3.13. The van der Waals surface area contributed by atoms with E-state index in [0.717, 1.165) is 11.8 Å². The molecule has 2 aromatic heterocycles. The van der Waals surface area contributed by atoms with Crippen LogP contribution in [0.25, 0.3) is 11.2 Å². The summed E-state index contributed by atoms with van der Waals surface area (Å²) in [6, 6.07) is 7.56. The summed E-state index contributed by atoms with van der Waals surface area (Å²) in [6.45, 7) is 5.56. The zero-order chi connectivity index (χ0) is 25.8. The Morgan fingerprint density at radius 1 is 1.23 bits per heavy atom. The van der Waals surface area contributed by atoms with Gasteiger partial charge in [-0.25, -0.2) is 27.9 Å². The van der Waals surface area contributed by atoms with E-state index in [1.165, 1.54) is 18.2 Å². The normalized spacial score (nSPS) is 12.7. The number of imidazole rings is 1. The van der Waals surface area contributed by atoms with E-state index in [4.69, 9.17) is 22.1 Å². The number of hydrogen-bond donors (Lipinski definition) is 2. The molecule has 0 saturated carbocycles. The third-order valence-electron chi connectivity index (χ3n) is 5.02. The minimum absolute atomic E-state index is 0.123. The Morgan fingerprint density at radius 2 is 1.97 bits per heavy atom. The largest absolute Gasteiger partial charge is 0.462 e. The SMILES string of the molecule is CCCC=CS(=O)(=O)NC(=O)c1ccc2nc(C)n(C(N)c3ccc(C(=O)OCC)cc3Cl)c2n1. The summed E-state index contributed by atoms with van der Waals surface area (Å²) in [7, 11) is -3.96. The summed E-state index contributed by atoms with van der Waals surface area (Å²) in [5.74, 6) is -0.891. The number of nitrogens with two attached hydrogens (primary N) is 1. The number of nitrogens with one attached hydrogen (secondary N) is 1. The van der Waals surface area contributed by atoms with Crippen LogP contribution in [0.5, 0.6) is 0 Å². The molecule has 3 rings (SSSR count). The number of fused-ring (bicyclic) bond motifs is 1. The van der Waals surface area contributed by atoms with Crippen molar-refractivity contribution >= 4 is 44.7 Å². The van der Waals surface area contributed by atoms with Crippen LogP contribution in [0.1, 0.15) is 65.1 Å². The molecule has 12 heteroatoms. The van der Waals surface area contributed by atoms with Crippen molar-refractivity contribution in [2.45, 2.75) is 39.8 Å². The Hall–Kier alpha value is -3.28. The van der Waals surface area contributed by atoms with Crippen molar-refractivity contribution in [2.24, 2.45) is 5.73 Å². The minimum Gasteiger partial charge on any atom is -0.462 e. The zero-order valence-electron chi connectivity index (χ0n) is 19.5. The highest BCUT2D eigenvalue weighted by molar-refractivity contribution is 7.92. The van der Waals surface area contributed by atoms with Crippen LogP contribution in [0, 0.1) is 6.92 Å². The molecular formula is C23H26ClN5O5S. The highest BCUT2D eigenvalue weighted by Crippen LogP contribution is 2.28. The third kappa shape index (κ3) is 6.05. The molecule has 0 aliphatic rings. The number of hydrogen-bond acceptors (Lipinski definition) is 8. The third-order valence-corrected chi connectivity index (χ3v) is 6.37. The van der Waals surface area contributed by atoms with E-state index >= 15 is 0 Å². The van der Waals surface area contributed by atoms with Gasteiger partial charge in [-0.1, -0.05) is 37.1 Å². The standard InChI is InChI=1S/C23H26ClN5O5S/c1-4-6-7-12-35(32,33)28-22(30)19-11-10-18-21(27-19)29(14(3)26-18)20(25)16-9-8-15(13-17(16)24)23(31)34-5-2/h7-13,20H,4-6,25H2,1-3H3,(H,28,30). The lowest BCUT2D eigenvalue weighted by atomic mass is 10.1. The number of unbranched alkanes of at least 4 members (excludes halogenated alkanes) is 1. The van der Waals surface area contributed by atoms with Gasteiger partial charge in [0.05, 0.1) is 12.2 Å². The van der Waals surface area contributed by atoms with Gasteiger partial charge in [-0.05, 0) is 44.5 Å². The number of esters is 1. The van der Waals surface area contributed by atoms with Crippen molar-refractivity contribution < 1.29 is 22.7 Å². The molecule has 0 saturated heterocycles. The number of amides is 1. The molecule has 0 radical (unpaired) electrons. The number of sulfonamides is 1. The maximum Gasteiger partial charge on any atom is 0.338 e. The molecule has 0 aliphatic carbocycles. The Labute approximate surface area is 208 Å². The van der Waals surface area contributed by atoms with Crippen molar-refractivity contribution in [3.63, 3.8) is 0 Å². The van der Waals surface area contributed by atoms with E-state index in [2.05, 4.69) is 9.97 Å². The molecule has 0 aliphatic heterocycles. The number of halogens is 1. The fraction of sp³-hybridized carbons (Fsp3) is 0.304. The highest BCUT2D eigenvalue weighted by atomic mass is 35.5. The summed E-state index contributed by atoms with van der Waals surface area (Å²) < 4.78 is 32.8. The van der Waals surface area contributed by atoms with Crippen molar-refractivity contribution in [2.75, 3.05) is 6.61 Å². The maximum atomic E-state index is 12.6. The van der Waals surface area contributed by atoms with Crippen LogP contribution in [0.3, 0.4) is 0 Å². The van der Waals surface area contributed by atoms with Gasteiger partial charge in [0.1, 0.15) is 23.2 Å². The predicted octanol–water partition coefficient (Wildman–Crippen LogP) is 3.45. The molecule has 3 aromatic rings. The number of carbonyl (C=O) groups is 2. The molecule has 35 heavy (non-hydrogen) atoms. The number of ether oxygens (including phenoxy) is 1. The van der Waals surface area contributed by atoms with Gasteiger partial charge < -0.3 is 10.5 Å². The summed E-state index contributed by atoms with van der Waals surface area (Å²) >= 11 is 6.42. The number of pyridine rings is 1. The first-order valence-electron chi connectivity index (χ1n) is 10.9. The Kier molecular flexibility index (Phi) is 8.26. The van der Waals surface area contributed by atoms with Crippen molar-refractivity contribution in [1.82, 2.24) is 19.3 Å². The fourth-order valence-corrected chi connectivity index (χ4v) is 4.48. The molecule has 1 atom stereocenters. The van der Waals surface area contributed by atoms with E-state index in [1.54, 1.807) is 36.6 Å². The smallest absolute Gasteiger partial charge is 0.338 e. The number of benzene rings is 1. The lowest BCUT2D eigenvalue weighted by Crippen LogP contribution is -2.29. The van der Waals surface area contributed by atoms with Crippen molar-refractivity contribution in [3.05, 3.63) is 69.5 Å². The van der Waals surface area contributed by atoms with E-state index in [0.29, 0.717) is 23.3 Å². The number of rotatable bonds is 9. The zero-order valence-corrected chi connectivity index (χ0v) is 21.1. The predicted molar refractivity (Wildman–Crippen MR) is 132 cm³/mol. The van der Waals surface area contributed by atoms with Gasteiger partial charge >= 0.3 is 5.97 Å². The van der Waals surface area contributed by atoms with Crippen LogP contribution in [0.4, 0.5) is 0 Å². The van der Waals surface area contributed by atoms with Gasteiger partial charge in [-0.2, -0.15) is 0 Å². The molecule has 0 bridgehead atoms. The summed E-state index contributed by atoms with van der Waals surface area (Å²) in [6.07, 6.45) is 1.96. The van der Waals surface area contributed by atoms with Gasteiger partial charge in [-0.3, -0.25) is 9.36 Å². The van der Waals surface area contributed by atoms with E-state index < -0.39 is 28.1 Å². The number of aryl methyl sites for hydroxylation is 1. The quantitative estimate of drug-likeness (QED) is 0.408. The maximum absolute atomic E-state index is 12.6. The fourth-order valence-electron chi connectivity index (χ4n) is 3.37. The summed E-state index contributed by atoms with van der Waals surface area (Å²) in [4.78, 5) is 33.3. The van der Waals surface area contributed by atoms with Crippen molar-refractivity contribution in [3.8, 4) is 0 Å². The number of nitrogens with zero attached hydrogens (tertiary/aromatic N) is 3.